The highest BCUT2D eigenvalue weighted by atomic mass is 32.2. The highest BCUT2D eigenvalue weighted by Crippen LogP contribution is 2.41. The van der Waals surface area contributed by atoms with Crippen molar-refractivity contribution in [2.24, 2.45) is 0 Å². The fraction of sp³-hybridized carbons (Fsp3) is 0.667. The van der Waals surface area contributed by atoms with Gasteiger partial charge in [-0.3, -0.25) is 0 Å². The molecular formula is C18H27N3O3S2. The first kappa shape index (κ1) is 19.8. The van der Waals surface area contributed by atoms with E-state index in [1.807, 2.05) is 0 Å². The van der Waals surface area contributed by atoms with Gasteiger partial charge in [0.1, 0.15) is 10.6 Å². The Hall–Kier alpha value is -0.930. The van der Waals surface area contributed by atoms with Crippen molar-refractivity contribution < 1.29 is 14.2 Å². The number of ether oxygens (including phenoxy) is 3. The van der Waals surface area contributed by atoms with E-state index in [1.165, 1.54) is 10.4 Å². The number of thiophene rings is 1. The standard InChI is InChI=1S/C18H27N3O3S2/c1-10(2)25-17-20-15(19-8-13(22-5)23-6)14-11-7-18(3,4)24-9-12(11)26-16(14)21-17/h10,13H,7-9H2,1-6H3,(H,19,20,21). The molecule has 1 N–H and O–H groups in total. The van der Waals surface area contributed by atoms with Crippen molar-refractivity contribution in [2.45, 2.75) is 63.0 Å². The molecule has 0 aliphatic carbocycles. The zero-order valence-electron chi connectivity index (χ0n) is 16.2. The summed E-state index contributed by atoms with van der Waals surface area (Å²) in [6.07, 6.45) is 0.533. The molecule has 0 saturated carbocycles. The summed E-state index contributed by atoms with van der Waals surface area (Å²) in [6.45, 7) is 9.70. The van der Waals surface area contributed by atoms with Crippen molar-refractivity contribution in [3.8, 4) is 0 Å². The Morgan fingerprint density at radius 2 is 2.00 bits per heavy atom. The van der Waals surface area contributed by atoms with Crippen LogP contribution in [-0.2, 0) is 27.2 Å². The summed E-state index contributed by atoms with van der Waals surface area (Å²) in [5, 5.41) is 5.74. The lowest BCUT2D eigenvalue weighted by atomic mass is 9.94. The number of hydrogen-bond donors (Lipinski definition) is 1. The quantitative estimate of drug-likeness (QED) is 0.429. The van der Waals surface area contributed by atoms with Crippen LogP contribution in [0.3, 0.4) is 0 Å². The highest BCUT2D eigenvalue weighted by Gasteiger charge is 2.31. The molecule has 144 valence electrons. The third kappa shape index (κ3) is 4.31. The second kappa shape index (κ2) is 7.98. The normalized spacial score (nSPS) is 16.5. The maximum absolute atomic E-state index is 5.99. The summed E-state index contributed by atoms with van der Waals surface area (Å²) in [7, 11) is 3.27. The van der Waals surface area contributed by atoms with Crippen LogP contribution in [0, 0.1) is 0 Å². The number of anilines is 1. The highest BCUT2D eigenvalue weighted by molar-refractivity contribution is 7.99. The molecule has 1 aliphatic rings. The average Bonchev–Trinajstić information content (AvgIpc) is 2.91. The number of methoxy groups -OCH3 is 2. The van der Waals surface area contributed by atoms with Crippen molar-refractivity contribution in [1.82, 2.24) is 9.97 Å². The molecule has 0 amide bonds. The van der Waals surface area contributed by atoms with Gasteiger partial charge in [-0.2, -0.15) is 0 Å². The summed E-state index contributed by atoms with van der Waals surface area (Å²) in [5.41, 5.74) is 1.13. The van der Waals surface area contributed by atoms with E-state index in [0.717, 1.165) is 27.6 Å². The fourth-order valence-electron chi connectivity index (χ4n) is 2.96. The zero-order valence-corrected chi connectivity index (χ0v) is 17.8. The lowest BCUT2D eigenvalue weighted by Gasteiger charge is -2.30. The SMILES string of the molecule is COC(CNc1nc(SC(C)C)nc2sc3c(c12)CC(C)(C)OC3)OC. The molecule has 1 aliphatic heterocycles. The number of rotatable bonds is 7. The van der Waals surface area contributed by atoms with E-state index in [1.54, 1.807) is 37.3 Å². The van der Waals surface area contributed by atoms with Crippen molar-refractivity contribution in [3.05, 3.63) is 10.4 Å². The lowest BCUT2D eigenvalue weighted by molar-refractivity contribution is -0.0914. The topological polar surface area (TPSA) is 65.5 Å². The van der Waals surface area contributed by atoms with Crippen molar-refractivity contribution in [1.29, 1.82) is 0 Å². The third-order valence-corrected chi connectivity index (χ3v) is 6.18. The Balaban J connectivity index is 2.04. The number of nitrogens with zero attached hydrogens (tertiary/aromatic N) is 2. The molecule has 0 fully saturated rings. The van der Waals surface area contributed by atoms with Gasteiger partial charge < -0.3 is 19.5 Å². The number of aromatic nitrogens is 2. The van der Waals surface area contributed by atoms with E-state index in [2.05, 4.69) is 33.0 Å². The van der Waals surface area contributed by atoms with Crippen LogP contribution >= 0.6 is 23.1 Å². The van der Waals surface area contributed by atoms with Gasteiger partial charge in [-0.25, -0.2) is 9.97 Å². The second-order valence-electron chi connectivity index (χ2n) is 7.21. The monoisotopic (exact) mass is 397 g/mol. The predicted octanol–water partition coefficient (Wildman–Crippen LogP) is 4.07. The van der Waals surface area contributed by atoms with Crippen molar-refractivity contribution >= 4 is 39.1 Å². The number of fused-ring (bicyclic) bond motifs is 3. The van der Waals surface area contributed by atoms with Gasteiger partial charge in [0.2, 0.25) is 0 Å². The van der Waals surface area contributed by atoms with Crippen LogP contribution in [0.2, 0.25) is 0 Å². The molecule has 0 saturated heterocycles. The molecule has 0 radical (unpaired) electrons. The summed E-state index contributed by atoms with van der Waals surface area (Å²) in [4.78, 5) is 11.9. The first-order valence-corrected chi connectivity index (χ1v) is 10.4. The van der Waals surface area contributed by atoms with E-state index in [4.69, 9.17) is 24.2 Å². The van der Waals surface area contributed by atoms with Crippen LogP contribution in [0.4, 0.5) is 5.82 Å². The molecule has 0 bridgehead atoms. The van der Waals surface area contributed by atoms with Gasteiger partial charge in [0.25, 0.3) is 0 Å². The van der Waals surface area contributed by atoms with E-state index < -0.39 is 0 Å². The molecular weight excluding hydrogens is 370 g/mol. The number of nitrogens with one attached hydrogen (secondary N) is 1. The Labute approximate surface area is 163 Å². The van der Waals surface area contributed by atoms with E-state index in [9.17, 15) is 0 Å². The Kier molecular flexibility index (Phi) is 6.08. The summed E-state index contributed by atoms with van der Waals surface area (Å²) < 4.78 is 16.6. The zero-order chi connectivity index (χ0) is 18.9. The average molecular weight is 398 g/mol. The van der Waals surface area contributed by atoms with Gasteiger partial charge in [-0.15, -0.1) is 11.3 Å². The van der Waals surface area contributed by atoms with Crippen LogP contribution in [0.5, 0.6) is 0 Å². The minimum Gasteiger partial charge on any atom is -0.370 e. The maximum Gasteiger partial charge on any atom is 0.191 e. The summed E-state index contributed by atoms with van der Waals surface area (Å²) >= 11 is 3.38. The molecule has 3 heterocycles. The minimum absolute atomic E-state index is 0.175. The predicted molar refractivity (Wildman–Crippen MR) is 107 cm³/mol. The molecule has 3 rings (SSSR count). The molecule has 0 aromatic carbocycles. The van der Waals surface area contributed by atoms with Crippen molar-refractivity contribution in [2.75, 3.05) is 26.1 Å². The second-order valence-corrected chi connectivity index (χ2v) is 9.84. The Morgan fingerprint density at radius 3 is 2.65 bits per heavy atom. The van der Waals surface area contributed by atoms with Crippen LogP contribution in [-0.4, -0.2) is 47.9 Å². The number of hydrogen-bond acceptors (Lipinski definition) is 8. The van der Waals surface area contributed by atoms with E-state index in [-0.39, 0.29) is 11.9 Å². The lowest BCUT2D eigenvalue weighted by Crippen LogP contribution is -2.31. The largest absolute Gasteiger partial charge is 0.370 e. The summed E-state index contributed by atoms with van der Waals surface area (Å²) in [6, 6.07) is 0. The maximum atomic E-state index is 5.99. The Morgan fingerprint density at radius 1 is 1.27 bits per heavy atom. The molecule has 0 atom stereocenters. The van der Waals surface area contributed by atoms with Crippen LogP contribution in [0.1, 0.15) is 38.1 Å². The molecule has 0 spiro atoms. The Bertz CT molecular complexity index is 773. The van der Waals surface area contributed by atoms with Crippen LogP contribution in [0.15, 0.2) is 5.16 Å². The van der Waals surface area contributed by atoms with Gasteiger partial charge in [0.15, 0.2) is 11.4 Å². The van der Waals surface area contributed by atoms with Crippen molar-refractivity contribution in [3.63, 3.8) is 0 Å². The molecule has 26 heavy (non-hydrogen) atoms. The van der Waals surface area contributed by atoms with Gasteiger partial charge in [0.05, 0.1) is 24.1 Å². The molecule has 2 aromatic heterocycles. The molecule has 2 aromatic rings. The van der Waals surface area contributed by atoms with Crippen LogP contribution < -0.4 is 5.32 Å². The third-order valence-electron chi connectivity index (χ3n) is 4.21. The van der Waals surface area contributed by atoms with Crippen LogP contribution in [0.25, 0.3) is 10.2 Å². The van der Waals surface area contributed by atoms with Gasteiger partial charge in [-0.05, 0) is 19.4 Å². The van der Waals surface area contributed by atoms with Gasteiger partial charge >= 0.3 is 0 Å². The minimum atomic E-state index is -0.324. The smallest absolute Gasteiger partial charge is 0.191 e. The first-order chi connectivity index (χ1) is 12.3. The van der Waals surface area contributed by atoms with Gasteiger partial charge in [-0.1, -0.05) is 25.6 Å². The van der Waals surface area contributed by atoms with Gasteiger partial charge in [0, 0.05) is 30.8 Å². The molecule has 8 heteroatoms. The van der Waals surface area contributed by atoms with E-state index in [0.29, 0.717) is 18.4 Å². The molecule has 0 unspecified atom stereocenters. The summed E-state index contributed by atoms with van der Waals surface area (Å²) in [5.74, 6) is 0.854. The molecule has 6 nitrogen and oxygen atoms in total. The first-order valence-electron chi connectivity index (χ1n) is 8.75. The number of thioether (sulfide) groups is 1. The fourth-order valence-corrected chi connectivity index (χ4v) is 4.83. The van der Waals surface area contributed by atoms with E-state index >= 15 is 0 Å².